The molecule has 1 aliphatic rings. The highest BCUT2D eigenvalue weighted by molar-refractivity contribution is 9.10. The minimum atomic E-state index is 0.198. The summed E-state index contributed by atoms with van der Waals surface area (Å²) in [5, 5.41) is 3.36. The van der Waals surface area contributed by atoms with Crippen molar-refractivity contribution in [2.45, 2.75) is 25.9 Å². The predicted molar refractivity (Wildman–Crippen MR) is 69.8 cm³/mol. The first kappa shape index (κ1) is 12.1. The summed E-state index contributed by atoms with van der Waals surface area (Å²) >= 11 is 3.57. The third kappa shape index (κ3) is 2.84. The maximum Gasteiger partial charge on any atom is 0.0950 e. The molecule has 0 spiro atoms. The van der Waals surface area contributed by atoms with Gasteiger partial charge in [0.05, 0.1) is 12.7 Å². The van der Waals surface area contributed by atoms with Crippen molar-refractivity contribution in [1.82, 2.24) is 5.32 Å². The van der Waals surface area contributed by atoms with Crippen LogP contribution in [0.25, 0.3) is 0 Å². The highest BCUT2D eigenvalue weighted by Crippen LogP contribution is 2.27. The molecule has 1 aromatic carbocycles. The van der Waals surface area contributed by atoms with Crippen molar-refractivity contribution >= 4 is 15.9 Å². The van der Waals surface area contributed by atoms with Crippen molar-refractivity contribution in [3.63, 3.8) is 0 Å². The molecule has 2 nitrogen and oxygen atoms in total. The number of ether oxygens (including phenoxy) is 1. The fourth-order valence-electron chi connectivity index (χ4n) is 1.93. The topological polar surface area (TPSA) is 21.3 Å². The summed E-state index contributed by atoms with van der Waals surface area (Å²) in [6, 6.07) is 6.60. The molecule has 1 N–H and O–H groups in total. The summed E-state index contributed by atoms with van der Waals surface area (Å²) in [4.78, 5) is 0. The highest BCUT2D eigenvalue weighted by atomic mass is 79.9. The van der Waals surface area contributed by atoms with Gasteiger partial charge in [0.15, 0.2) is 0 Å². The van der Waals surface area contributed by atoms with Crippen LogP contribution in [-0.2, 0) is 4.74 Å². The average Bonchev–Trinajstić information content (AvgIpc) is 2.29. The van der Waals surface area contributed by atoms with E-state index in [2.05, 4.69) is 53.3 Å². The van der Waals surface area contributed by atoms with Gasteiger partial charge in [0, 0.05) is 17.6 Å². The van der Waals surface area contributed by atoms with E-state index in [1.807, 2.05) is 0 Å². The van der Waals surface area contributed by atoms with Crippen LogP contribution in [0.4, 0.5) is 0 Å². The summed E-state index contributed by atoms with van der Waals surface area (Å²) in [6.07, 6.45) is 0.198. The molecule has 2 rings (SSSR count). The number of nitrogens with one attached hydrogen (secondary N) is 1. The number of rotatable bonds is 2. The van der Waals surface area contributed by atoms with Crippen molar-refractivity contribution in [3.05, 3.63) is 33.8 Å². The molecular weight excluding hydrogens is 266 g/mol. The summed E-state index contributed by atoms with van der Waals surface area (Å²) in [7, 11) is 0. The van der Waals surface area contributed by atoms with Crippen LogP contribution in [0.5, 0.6) is 0 Å². The fourth-order valence-corrected chi connectivity index (χ4v) is 2.46. The Hall–Kier alpha value is -0.380. The molecule has 16 heavy (non-hydrogen) atoms. The highest BCUT2D eigenvalue weighted by Gasteiger charge is 2.17. The first-order valence-corrected chi connectivity index (χ1v) is 6.59. The summed E-state index contributed by atoms with van der Waals surface area (Å²) in [5.74, 6) is 0.549. The van der Waals surface area contributed by atoms with Crippen LogP contribution in [-0.4, -0.2) is 19.7 Å². The van der Waals surface area contributed by atoms with Gasteiger partial charge < -0.3 is 10.1 Å². The van der Waals surface area contributed by atoms with Crippen LogP contribution in [0.3, 0.4) is 0 Å². The van der Waals surface area contributed by atoms with Gasteiger partial charge in [-0.3, -0.25) is 0 Å². The van der Waals surface area contributed by atoms with Gasteiger partial charge in [-0.25, -0.2) is 0 Å². The first-order chi connectivity index (χ1) is 7.66. The Bertz CT molecular complexity index is 359. The largest absolute Gasteiger partial charge is 0.371 e. The normalized spacial score (nSPS) is 21.4. The van der Waals surface area contributed by atoms with E-state index in [1.165, 1.54) is 11.1 Å². The van der Waals surface area contributed by atoms with E-state index >= 15 is 0 Å². The lowest BCUT2D eigenvalue weighted by Crippen LogP contribution is -2.33. The Morgan fingerprint density at radius 2 is 2.19 bits per heavy atom. The van der Waals surface area contributed by atoms with Gasteiger partial charge in [-0.1, -0.05) is 35.8 Å². The van der Waals surface area contributed by atoms with Gasteiger partial charge >= 0.3 is 0 Å². The Kier molecular flexibility index (Phi) is 4.00. The first-order valence-electron chi connectivity index (χ1n) is 5.79. The van der Waals surface area contributed by atoms with Crippen molar-refractivity contribution in [3.8, 4) is 0 Å². The van der Waals surface area contributed by atoms with E-state index in [0.29, 0.717) is 5.92 Å². The summed E-state index contributed by atoms with van der Waals surface area (Å²) in [5.41, 5.74) is 2.63. The van der Waals surface area contributed by atoms with E-state index in [-0.39, 0.29) is 6.10 Å². The van der Waals surface area contributed by atoms with Gasteiger partial charge in [0.1, 0.15) is 0 Å². The maximum absolute atomic E-state index is 5.77. The Morgan fingerprint density at radius 3 is 2.81 bits per heavy atom. The minimum Gasteiger partial charge on any atom is -0.371 e. The van der Waals surface area contributed by atoms with E-state index in [1.54, 1.807) is 0 Å². The van der Waals surface area contributed by atoms with E-state index < -0.39 is 0 Å². The third-order valence-electron chi connectivity index (χ3n) is 2.91. The molecule has 0 saturated carbocycles. The second-order valence-corrected chi connectivity index (χ2v) is 5.45. The molecule has 0 radical (unpaired) electrons. The van der Waals surface area contributed by atoms with Gasteiger partial charge in [-0.05, 0) is 29.2 Å². The molecular formula is C13H18BrNO. The quantitative estimate of drug-likeness (QED) is 0.900. The van der Waals surface area contributed by atoms with Crippen molar-refractivity contribution in [2.24, 2.45) is 0 Å². The molecule has 1 heterocycles. The molecule has 1 atom stereocenters. The molecule has 0 aliphatic carbocycles. The summed E-state index contributed by atoms with van der Waals surface area (Å²) in [6.45, 7) is 7.10. The lowest BCUT2D eigenvalue weighted by atomic mass is 9.98. The fraction of sp³-hybridized carbons (Fsp3) is 0.538. The predicted octanol–water partition coefficient (Wildman–Crippen LogP) is 3.23. The van der Waals surface area contributed by atoms with Crippen LogP contribution in [0.2, 0.25) is 0 Å². The lowest BCUT2D eigenvalue weighted by Gasteiger charge is -2.25. The molecule has 1 aliphatic heterocycles. The van der Waals surface area contributed by atoms with E-state index in [0.717, 1.165) is 24.2 Å². The number of morpholine rings is 1. The number of hydrogen-bond donors (Lipinski definition) is 1. The Morgan fingerprint density at radius 1 is 1.38 bits per heavy atom. The Balaban J connectivity index is 2.25. The molecule has 88 valence electrons. The zero-order valence-electron chi connectivity index (χ0n) is 9.79. The third-order valence-corrected chi connectivity index (χ3v) is 3.37. The SMILES string of the molecule is CC(C)c1cc(Br)cc(C2CNCCO2)c1. The number of halogens is 1. The van der Waals surface area contributed by atoms with Crippen LogP contribution >= 0.6 is 15.9 Å². The Labute approximate surface area is 106 Å². The van der Waals surface area contributed by atoms with Crippen LogP contribution in [0.15, 0.2) is 22.7 Å². The van der Waals surface area contributed by atoms with Crippen molar-refractivity contribution < 1.29 is 4.74 Å². The van der Waals surface area contributed by atoms with Gasteiger partial charge in [0.2, 0.25) is 0 Å². The molecule has 0 bridgehead atoms. The van der Waals surface area contributed by atoms with E-state index in [9.17, 15) is 0 Å². The standard InChI is InChI=1S/C13H18BrNO/c1-9(2)10-5-11(7-12(14)6-10)13-8-15-3-4-16-13/h5-7,9,13,15H,3-4,8H2,1-2H3. The lowest BCUT2D eigenvalue weighted by molar-refractivity contribution is 0.0276. The zero-order valence-corrected chi connectivity index (χ0v) is 11.4. The minimum absolute atomic E-state index is 0.198. The number of hydrogen-bond acceptors (Lipinski definition) is 2. The second kappa shape index (κ2) is 5.30. The van der Waals surface area contributed by atoms with Crippen LogP contribution in [0.1, 0.15) is 37.0 Å². The zero-order chi connectivity index (χ0) is 11.5. The van der Waals surface area contributed by atoms with Gasteiger partial charge in [-0.2, -0.15) is 0 Å². The van der Waals surface area contributed by atoms with Gasteiger partial charge in [0.25, 0.3) is 0 Å². The molecule has 1 saturated heterocycles. The molecule has 1 fully saturated rings. The number of benzene rings is 1. The van der Waals surface area contributed by atoms with Crippen LogP contribution in [0, 0.1) is 0 Å². The summed E-state index contributed by atoms with van der Waals surface area (Å²) < 4.78 is 6.91. The molecule has 3 heteroatoms. The molecule has 0 amide bonds. The second-order valence-electron chi connectivity index (χ2n) is 4.54. The average molecular weight is 284 g/mol. The smallest absolute Gasteiger partial charge is 0.0950 e. The van der Waals surface area contributed by atoms with E-state index in [4.69, 9.17) is 4.74 Å². The van der Waals surface area contributed by atoms with Crippen molar-refractivity contribution in [2.75, 3.05) is 19.7 Å². The monoisotopic (exact) mass is 283 g/mol. The molecule has 1 aromatic rings. The van der Waals surface area contributed by atoms with Crippen molar-refractivity contribution in [1.29, 1.82) is 0 Å². The van der Waals surface area contributed by atoms with Crippen LogP contribution < -0.4 is 5.32 Å². The van der Waals surface area contributed by atoms with Gasteiger partial charge in [-0.15, -0.1) is 0 Å². The molecule has 1 unspecified atom stereocenters. The maximum atomic E-state index is 5.77. The molecule has 0 aromatic heterocycles.